The van der Waals surface area contributed by atoms with Gasteiger partial charge in [-0.05, 0) is 18.8 Å². The molecule has 1 aliphatic rings. The summed E-state index contributed by atoms with van der Waals surface area (Å²) in [5.41, 5.74) is 0. The molecule has 1 fully saturated rings. The highest BCUT2D eigenvalue weighted by Crippen LogP contribution is 2.25. The summed E-state index contributed by atoms with van der Waals surface area (Å²) < 4.78 is 4.80. The van der Waals surface area contributed by atoms with Crippen LogP contribution in [0.5, 0.6) is 0 Å². The second-order valence-electron chi connectivity index (χ2n) is 4.56. The molecule has 17 heavy (non-hydrogen) atoms. The van der Waals surface area contributed by atoms with Crippen LogP contribution in [0.15, 0.2) is 0 Å². The topological polar surface area (TPSA) is 87.7 Å². The lowest BCUT2D eigenvalue weighted by atomic mass is 9.82. The third kappa shape index (κ3) is 4.60. The van der Waals surface area contributed by atoms with E-state index in [2.05, 4.69) is 17.6 Å². The maximum atomic E-state index is 11.5. The molecular weight excluding hydrogens is 224 g/mol. The molecule has 0 aliphatic heterocycles. The Bertz CT molecular complexity index is 277. The lowest BCUT2D eigenvalue weighted by Gasteiger charge is -2.33. The van der Waals surface area contributed by atoms with Crippen LogP contribution in [0.25, 0.3) is 0 Å². The third-order valence-electron chi connectivity index (χ3n) is 2.92. The van der Waals surface area contributed by atoms with Gasteiger partial charge in [0.05, 0.1) is 0 Å². The van der Waals surface area contributed by atoms with Crippen LogP contribution in [-0.4, -0.2) is 42.9 Å². The molecule has 0 aromatic heterocycles. The summed E-state index contributed by atoms with van der Waals surface area (Å²) in [5, 5.41) is 14.1. The average Bonchev–Trinajstić information content (AvgIpc) is 2.21. The maximum Gasteiger partial charge on any atom is 0.326 e. The van der Waals surface area contributed by atoms with Crippen molar-refractivity contribution in [2.75, 3.05) is 13.7 Å². The number of methoxy groups -OCH3 is 1. The van der Waals surface area contributed by atoms with Crippen LogP contribution in [0.4, 0.5) is 4.79 Å². The molecular formula is C11H20N2O4. The fraction of sp³-hybridized carbons (Fsp3) is 0.818. The summed E-state index contributed by atoms with van der Waals surface area (Å²) in [5.74, 6) is -0.400. The van der Waals surface area contributed by atoms with E-state index in [-0.39, 0.29) is 12.5 Å². The van der Waals surface area contributed by atoms with Gasteiger partial charge in [0, 0.05) is 26.2 Å². The second kappa shape index (κ2) is 6.44. The number of nitrogens with one attached hydrogen (secondary N) is 2. The standard InChI is InChI=1S/C11H20N2O4/c1-7-5-8(6-7)12-11(16)13-9(10(14)15)3-4-17-2/h7-9H,3-6H2,1-2H3,(H,14,15)(H2,12,13,16). The zero-order valence-electron chi connectivity index (χ0n) is 10.2. The smallest absolute Gasteiger partial charge is 0.326 e. The molecule has 1 aliphatic carbocycles. The number of urea groups is 1. The minimum atomic E-state index is -1.04. The van der Waals surface area contributed by atoms with Gasteiger partial charge in [0.25, 0.3) is 0 Å². The minimum Gasteiger partial charge on any atom is -0.480 e. The largest absolute Gasteiger partial charge is 0.480 e. The highest BCUT2D eigenvalue weighted by molar-refractivity contribution is 5.82. The van der Waals surface area contributed by atoms with Crippen molar-refractivity contribution in [1.29, 1.82) is 0 Å². The molecule has 1 saturated carbocycles. The van der Waals surface area contributed by atoms with E-state index in [1.54, 1.807) is 0 Å². The van der Waals surface area contributed by atoms with Crippen molar-refractivity contribution in [2.45, 2.75) is 38.3 Å². The van der Waals surface area contributed by atoms with Crippen molar-refractivity contribution in [3.8, 4) is 0 Å². The summed E-state index contributed by atoms with van der Waals surface area (Å²) in [6, 6.07) is -1.13. The molecule has 1 rings (SSSR count). The summed E-state index contributed by atoms with van der Waals surface area (Å²) in [6.45, 7) is 2.42. The Morgan fingerprint density at radius 3 is 2.59 bits per heavy atom. The van der Waals surface area contributed by atoms with Crippen LogP contribution >= 0.6 is 0 Å². The summed E-state index contributed by atoms with van der Waals surface area (Å²) in [6.07, 6.45) is 2.19. The SMILES string of the molecule is COCCC(NC(=O)NC1CC(C)C1)C(=O)O. The molecule has 0 aromatic carbocycles. The summed E-state index contributed by atoms with van der Waals surface area (Å²) in [7, 11) is 1.49. The van der Waals surface area contributed by atoms with E-state index < -0.39 is 18.0 Å². The molecule has 0 saturated heterocycles. The van der Waals surface area contributed by atoms with Crippen molar-refractivity contribution < 1.29 is 19.4 Å². The Morgan fingerprint density at radius 1 is 1.47 bits per heavy atom. The Morgan fingerprint density at radius 2 is 2.12 bits per heavy atom. The summed E-state index contributed by atoms with van der Waals surface area (Å²) >= 11 is 0. The molecule has 6 nitrogen and oxygen atoms in total. The maximum absolute atomic E-state index is 11.5. The highest BCUT2D eigenvalue weighted by Gasteiger charge is 2.28. The number of carboxylic acids is 1. The van der Waals surface area contributed by atoms with Gasteiger partial charge in [-0.25, -0.2) is 9.59 Å². The van der Waals surface area contributed by atoms with Crippen molar-refractivity contribution >= 4 is 12.0 Å². The third-order valence-corrected chi connectivity index (χ3v) is 2.92. The van der Waals surface area contributed by atoms with Crippen LogP contribution in [-0.2, 0) is 9.53 Å². The van der Waals surface area contributed by atoms with Gasteiger partial charge < -0.3 is 20.5 Å². The van der Waals surface area contributed by atoms with Crippen molar-refractivity contribution in [3.63, 3.8) is 0 Å². The van der Waals surface area contributed by atoms with Crippen molar-refractivity contribution in [1.82, 2.24) is 10.6 Å². The predicted molar refractivity (Wildman–Crippen MR) is 61.8 cm³/mol. The summed E-state index contributed by atoms with van der Waals surface area (Å²) in [4.78, 5) is 22.4. The molecule has 1 unspecified atom stereocenters. The van der Waals surface area contributed by atoms with Gasteiger partial charge in [0.2, 0.25) is 0 Å². The number of carboxylic acid groups (broad SMARTS) is 1. The van der Waals surface area contributed by atoms with E-state index in [1.165, 1.54) is 7.11 Å². The van der Waals surface area contributed by atoms with Gasteiger partial charge in [-0.2, -0.15) is 0 Å². The number of carbonyl (C=O) groups is 2. The van der Waals surface area contributed by atoms with E-state index in [0.717, 1.165) is 12.8 Å². The number of rotatable bonds is 6. The first kappa shape index (κ1) is 13.8. The Kier molecular flexibility index (Phi) is 5.21. The zero-order chi connectivity index (χ0) is 12.8. The lowest BCUT2D eigenvalue weighted by Crippen LogP contribution is -2.52. The Labute approximate surface area is 101 Å². The monoisotopic (exact) mass is 244 g/mol. The van der Waals surface area contributed by atoms with Gasteiger partial charge >= 0.3 is 12.0 Å². The van der Waals surface area contributed by atoms with Crippen LogP contribution in [0, 0.1) is 5.92 Å². The molecule has 2 amide bonds. The number of ether oxygens (including phenoxy) is 1. The molecule has 6 heteroatoms. The molecule has 0 aromatic rings. The molecule has 3 N–H and O–H groups in total. The first-order valence-electron chi connectivity index (χ1n) is 5.81. The van der Waals surface area contributed by atoms with Gasteiger partial charge in [0.15, 0.2) is 0 Å². The number of hydrogen-bond acceptors (Lipinski definition) is 3. The first-order chi connectivity index (χ1) is 8.02. The van der Waals surface area contributed by atoms with Crippen molar-refractivity contribution in [2.24, 2.45) is 5.92 Å². The fourth-order valence-electron chi connectivity index (χ4n) is 1.90. The Balaban J connectivity index is 2.28. The Hall–Kier alpha value is -1.30. The lowest BCUT2D eigenvalue weighted by molar-refractivity contribution is -0.139. The quantitative estimate of drug-likeness (QED) is 0.637. The second-order valence-corrected chi connectivity index (χ2v) is 4.56. The first-order valence-corrected chi connectivity index (χ1v) is 5.81. The van der Waals surface area contributed by atoms with E-state index in [9.17, 15) is 9.59 Å². The van der Waals surface area contributed by atoms with Gasteiger partial charge in [-0.3, -0.25) is 0 Å². The molecule has 98 valence electrons. The van der Waals surface area contributed by atoms with Crippen molar-refractivity contribution in [3.05, 3.63) is 0 Å². The predicted octanol–water partition coefficient (Wildman–Crippen LogP) is 0.574. The normalized spacial score (nSPS) is 24.6. The van der Waals surface area contributed by atoms with Crippen LogP contribution in [0.3, 0.4) is 0 Å². The van der Waals surface area contributed by atoms with E-state index in [4.69, 9.17) is 9.84 Å². The number of amides is 2. The van der Waals surface area contributed by atoms with Crippen LogP contribution in [0.2, 0.25) is 0 Å². The molecule has 0 radical (unpaired) electrons. The van der Waals surface area contributed by atoms with Gasteiger partial charge in [0.1, 0.15) is 6.04 Å². The molecule has 1 atom stereocenters. The van der Waals surface area contributed by atoms with Gasteiger partial charge in [-0.15, -0.1) is 0 Å². The highest BCUT2D eigenvalue weighted by atomic mass is 16.5. The van der Waals surface area contributed by atoms with Gasteiger partial charge in [-0.1, -0.05) is 6.92 Å². The molecule has 0 bridgehead atoms. The fourth-order valence-corrected chi connectivity index (χ4v) is 1.90. The molecule has 0 spiro atoms. The number of hydrogen-bond donors (Lipinski definition) is 3. The molecule has 0 heterocycles. The van der Waals surface area contributed by atoms with E-state index in [0.29, 0.717) is 12.5 Å². The average molecular weight is 244 g/mol. The number of carbonyl (C=O) groups excluding carboxylic acids is 1. The van der Waals surface area contributed by atoms with E-state index >= 15 is 0 Å². The van der Waals surface area contributed by atoms with Crippen LogP contribution in [0.1, 0.15) is 26.2 Å². The minimum absolute atomic E-state index is 0.182. The van der Waals surface area contributed by atoms with E-state index in [1.807, 2.05) is 0 Å². The number of aliphatic carboxylic acids is 1. The zero-order valence-corrected chi connectivity index (χ0v) is 10.2. The van der Waals surface area contributed by atoms with Crippen LogP contribution < -0.4 is 10.6 Å².